The molecule has 0 aromatic heterocycles. The van der Waals surface area contributed by atoms with Gasteiger partial charge in [-0.25, -0.2) is 0 Å². The molecule has 0 unspecified atom stereocenters. The van der Waals surface area contributed by atoms with Crippen LogP contribution in [0.15, 0.2) is 23.2 Å². The molecular weight excluding hydrogens is 169 g/mol. The molecular formula is C7H11Cl2N. The van der Waals surface area contributed by atoms with Crippen LogP contribution in [0.5, 0.6) is 0 Å². The minimum Gasteiger partial charge on any atom is -0.311 e. The lowest BCUT2D eigenvalue weighted by Gasteiger charge is -1.98. The lowest BCUT2D eigenvalue weighted by molar-refractivity contribution is 0.752. The Kier molecular flexibility index (Phi) is 7.15. The molecule has 0 aliphatic carbocycles. The summed E-state index contributed by atoms with van der Waals surface area (Å²) in [5.74, 6) is 0. The molecule has 3 heteroatoms. The van der Waals surface area contributed by atoms with Gasteiger partial charge in [0, 0.05) is 17.1 Å². The number of hydrogen-bond acceptors (Lipinski definition) is 1. The summed E-state index contributed by atoms with van der Waals surface area (Å²) in [6.45, 7) is 5.11. The van der Waals surface area contributed by atoms with Crippen LogP contribution < -0.4 is 5.32 Å². The molecule has 0 atom stereocenters. The van der Waals surface area contributed by atoms with Crippen LogP contribution in [0.3, 0.4) is 0 Å². The molecule has 0 spiro atoms. The fourth-order valence-electron chi connectivity index (χ4n) is 0.451. The smallest absolute Gasteiger partial charge is 0.0431 e. The Morgan fingerprint density at radius 3 is 2.80 bits per heavy atom. The number of halogens is 2. The van der Waals surface area contributed by atoms with Gasteiger partial charge in [-0.3, -0.25) is 0 Å². The van der Waals surface area contributed by atoms with Crippen molar-refractivity contribution in [2.45, 2.75) is 6.42 Å². The summed E-state index contributed by atoms with van der Waals surface area (Å²) in [6.07, 6.45) is 2.80. The van der Waals surface area contributed by atoms with Crippen LogP contribution in [-0.4, -0.2) is 13.1 Å². The average Bonchev–Trinajstić information content (AvgIpc) is 1.98. The van der Waals surface area contributed by atoms with Gasteiger partial charge < -0.3 is 5.32 Å². The highest BCUT2D eigenvalue weighted by atomic mass is 35.5. The van der Waals surface area contributed by atoms with E-state index in [-0.39, 0.29) is 0 Å². The average molecular weight is 180 g/mol. The molecule has 0 rings (SSSR count). The molecule has 0 aromatic rings. The second kappa shape index (κ2) is 7.13. The van der Waals surface area contributed by atoms with Gasteiger partial charge in [0.15, 0.2) is 0 Å². The third-order valence-electron chi connectivity index (χ3n) is 0.938. The van der Waals surface area contributed by atoms with Gasteiger partial charge in [-0.05, 0) is 13.0 Å². The summed E-state index contributed by atoms with van der Waals surface area (Å²) in [7, 11) is 0. The quantitative estimate of drug-likeness (QED) is 0.506. The molecule has 0 amide bonds. The molecule has 0 radical (unpaired) electrons. The highest BCUT2D eigenvalue weighted by Crippen LogP contribution is 1.99. The fraction of sp³-hybridized carbons (Fsp3) is 0.429. The van der Waals surface area contributed by atoms with Crippen LogP contribution in [-0.2, 0) is 0 Å². The van der Waals surface area contributed by atoms with Crippen molar-refractivity contribution in [2.75, 3.05) is 13.1 Å². The Labute approximate surface area is 71.7 Å². The van der Waals surface area contributed by atoms with Crippen LogP contribution >= 0.6 is 23.2 Å². The highest BCUT2D eigenvalue weighted by Gasteiger charge is 1.88. The molecule has 10 heavy (non-hydrogen) atoms. The van der Waals surface area contributed by atoms with Gasteiger partial charge >= 0.3 is 0 Å². The van der Waals surface area contributed by atoms with Crippen LogP contribution in [0, 0.1) is 0 Å². The van der Waals surface area contributed by atoms with Crippen molar-refractivity contribution in [3.8, 4) is 0 Å². The number of hydrogen-bond donors (Lipinski definition) is 1. The van der Waals surface area contributed by atoms with Crippen molar-refractivity contribution in [1.82, 2.24) is 5.32 Å². The monoisotopic (exact) mass is 179 g/mol. The van der Waals surface area contributed by atoms with Crippen LogP contribution in [0.4, 0.5) is 0 Å². The van der Waals surface area contributed by atoms with Crippen molar-refractivity contribution in [3.63, 3.8) is 0 Å². The molecule has 0 aromatic carbocycles. The van der Waals surface area contributed by atoms with E-state index in [1.54, 1.807) is 0 Å². The first-order valence-corrected chi connectivity index (χ1v) is 3.89. The van der Waals surface area contributed by atoms with E-state index in [0.29, 0.717) is 11.6 Å². The fourth-order valence-corrected chi connectivity index (χ4v) is 0.622. The lowest BCUT2D eigenvalue weighted by Crippen LogP contribution is -2.15. The van der Waals surface area contributed by atoms with Crippen LogP contribution in [0.25, 0.3) is 0 Å². The minimum atomic E-state index is 0.630. The summed E-state index contributed by atoms with van der Waals surface area (Å²) >= 11 is 10.9. The van der Waals surface area contributed by atoms with Gasteiger partial charge in [-0.2, -0.15) is 0 Å². The van der Waals surface area contributed by atoms with Gasteiger partial charge in [0.25, 0.3) is 0 Å². The summed E-state index contributed by atoms with van der Waals surface area (Å²) in [5, 5.41) is 3.71. The topological polar surface area (TPSA) is 12.0 Å². The maximum absolute atomic E-state index is 5.59. The second-order valence-electron chi connectivity index (χ2n) is 1.81. The Morgan fingerprint density at radius 1 is 1.60 bits per heavy atom. The number of rotatable bonds is 5. The third kappa shape index (κ3) is 6.14. The Bertz CT molecular complexity index is 121. The van der Waals surface area contributed by atoms with E-state index in [9.17, 15) is 0 Å². The van der Waals surface area contributed by atoms with Crippen molar-refractivity contribution in [2.24, 2.45) is 0 Å². The van der Waals surface area contributed by atoms with Crippen molar-refractivity contribution in [1.29, 1.82) is 0 Å². The Morgan fingerprint density at radius 2 is 2.30 bits per heavy atom. The van der Waals surface area contributed by atoms with Crippen molar-refractivity contribution >= 4 is 23.2 Å². The molecule has 58 valence electrons. The molecule has 0 saturated heterocycles. The first-order chi connectivity index (χ1) is 4.81. The van der Waals surface area contributed by atoms with Crippen molar-refractivity contribution in [3.05, 3.63) is 23.2 Å². The minimum absolute atomic E-state index is 0.630. The maximum atomic E-state index is 5.59. The molecule has 0 heterocycles. The van der Waals surface area contributed by atoms with E-state index in [1.165, 1.54) is 5.54 Å². The number of nitrogens with one attached hydrogen (secondary N) is 1. The van der Waals surface area contributed by atoms with E-state index in [4.69, 9.17) is 23.2 Å². The van der Waals surface area contributed by atoms with Gasteiger partial charge in [0.05, 0.1) is 0 Å². The maximum Gasteiger partial charge on any atom is 0.0431 e. The van der Waals surface area contributed by atoms with Gasteiger partial charge in [0.1, 0.15) is 0 Å². The zero-order chi connectivity index (χ0) is 7.82. The zero-order valence-corrected chi connectivity index (χ0v) is 7.25. The second-order valence-corrected chi connectivity index (χ2v) is 2.51. The van der Waals surface area contributed by atoms with E-state index >= 15 is 0 Å². The SMILES string of the molecule is C=CCCNC/C(Cl)=C\Cl. The Hall–Kier alpha value is 0.0200. The summed E-state index contributed by atoms with van der Waals surface area (Å²) < 4.78 is 0. The standard InChI is InChI=1S/C7H11Cl2N/c1-2-3-4-10-6-7(9)5-8/h2,5,10H,1,3-4,6H2/b7-5+. The lowest BCUT2D eigenvalue weighted by atomic mass is 10.4. The summed E-state index contributed by atoms with van der Waals surface area (Å²) in [4.78, 5) is 0. The zero-order valence-electron chi connectivity index (χ0n) is 5.74. The van der Waals surface area contributed by atoms with Crippen LogP contribution in [0.2, 0.25) is 0 Å². The third-order valence-corrected chi connectivity index (χ3v) is 1.56. The van der Waals surface area contributed by atoms with Crippen LogP contribution in [0.1, 0.15) is 6.42 Å². The largest absolute Gasteiger partial charge is 0.311 e. The molecule has 0 bridgehead atoms. The molecule has 1 N–H and O–H groups in total. The molecule has 0 aliphatic rings. The molecule has 0 fully saturated rings. The van der Waals surface area contributed by atoms with E-state index in [0.717, 1.165) is 13.0 Å². The van der Waals surface area contributed by atoms with Gasteiger partial charge in [-0.1, -0.05) is 29.3 Å². The van der Waals surface area contributed by atoms with Crippen molar-refractivity contribution < 1.29 is 0 Å². The summed E-state index contributed by atoms with van der Waals surface area (Å²) in [5.41, 5.74) is 1.36. The Balaban J connectivity index is 3.11. The molecule has 0 aliphatic heterocycles. The van der Waals surface area contributed by atoms with E-state index in [2.05, 4.69) is 11.9 Å². The normalized spacial score (nSPS) is 11.6. The molecule has 0 saturated carbocycles. The first kappa shape index (κ1) is 10.0. The van der Waals surface area contributed by atoms with E-state index < -0.39 is 0 Å². The highest BCUT2D eigenvalue weighted by molar-refractivity contribution is 6.36. The summed E-state index contributed by atoms with van der Waals surface area (Å²) in [6, 6.07) is 0. The van der Waals surface area contributed by atoms with E-state index in [1.807, 2.05) is 6.08 Å². The first-order valence-electron chi connectivity index (χ1n) is 3.07. The van der Waals surface area contributed by atoms with Gasteiger partial charge in [0.2, 0.25) is 0 Å². The molecule has 1 nitrogen and oxygen atoms in total. The predicted molar refractivity (Wildman–Crippen MR) is 47.5 cm³/mol. The predicted octanol–water partition coefficient (Wildman–Crippen LogP) is 2.47. The van der Waals surface area contributed by atoms with Gasteiger partial charge in [-0.15, -0.1) is 6.58 Å².